The van der Waals surface area contributed by atoms with Gasteiger partial charge in [0, 0.05) is 18.9 Å². The summed E-state index contributed by atoms with van der Waals surface area (Å²) in [5.74, 6) is 0.189. The molecule has 2 rings (SSSR count). The van der Waals surface area contributed by atoms with E-state index in [1.807, 2.05) is 13.8 Å². The smallest absolute Gasteiger partial charge is 0.227 e. The van der Waals surface area contributed by atoms with Crippen LogP contribution in [0.5, 0.6) is 0 Å². The van der Waals surface area contributed by atoms with Crippen molar-refractivity contribution in [1.82, 2.24) is 10.3 Å². The molecule has 3 amide bonds. The van der Waals surface area contributed by atoms with Crippen LogP contribution in [0, 0.1) is 18.8 Å². The Labute approximate surface area is 142 Å². The lowest BCUT2D eigenvalue weighted by atomic mass is 10.3. The minimum Gasteiger partial charge on any atom is -0.369 e. The Hall–Kier alpha value is -1.61. The fourth-order valence-corrected chi connectivity index (χ4v) is 3.90. The van der Waals surface area contributed by atoms with E-state index in [-0.39, 0.29) is 29.9 Å². The van der Waals surface area contributed by atoms with Gasteiger partial charge in [0.05, 0.1) is 15.7 Å². The molecule has 23 heavy (non-hydrogen) atoms. The summed E-state index contributed by atoms with van der Waals surface area (Å²) in [7, 11) is 0. The van der Waals surface area contributed by atoms with Gasteiger partial charge in [-0.25, -0.2) is 4.98 Å². The van der Waals surface area contributed by atoms with Crippen LogP contribution in [0.1, 0.15) is 25.5 Å². The molecular weight excluding hydrogens is 336 g/mol. The number of hydrogen-bond acceptors (Lipinski definition) is 6. The van der Waals surface area contributed by atoms with Crippen LogP contribution >= 0.6 is 23.1 Å². The number of thiazole rings is 1. The molecule has 1 fully saturated rings. The molecule has 1 aliphatic rings. The van der Waals surface area contributed by atoms with Gasteiger partial charge < -0.3 is 16.4 Å². The van der Waals surface area contributed by atoms with Gasteiger partial charge in [-0.05, 0) is 19.3 Å². The maximum Gasteiger partial charge on any atom is 0.227 e. The van der Waals surface area contributed by atoms with Crippen molar-refractivity contribution in [2.45, 2.75) is 30.9 Å². The van der Waals surface area contributed by atoms with Crippen molar-refractivity contribution in [2.75, 3.05) is 17.6 Å². The zero-order valence-corrected chi connectivity index (χ0v) is 14.7. The van der Waals surface area contributed by atoms with E-state index < -0.39 is 5.91 Å². The zero-order chi connectivity index (χ0) is 17.0. The van der Waals surface area contributed by atoms with E-state index in [9.17, 15) is 14.4 Å². The van der Waals surface area contributed by atoms with E-state index >= 15 is 0 Å². The summed E-state index contributed by atoms with van der Waals surface area (Å²) in [6, 6.07) is 0. The van der Waals surface area contributed by atoms with E-state index in [2.05, 4.69) is 15.6 Å². The average molecular weight is 356 g/mol. The zero-order valence-electron chi connectivity index (χ0n) is 13.0. The highest BCUT2D eigenvalue weighted by Crippen LogP contribution is 2.37. The second-order valence-corrected chi connectivity index (χ2v) is 7.80. The Morgan fingerprint density at radius 2 is 2.13 bits per heavy atom. The Kier molecular flexibility index (Phi) is 6.00. The topological polar surface area (TPSA) is 114 Å². The fraction of sp³-hybridized carbons (Fsp3) is 0.571. The van der Waals surface area contributed by atoms with Crippen molar-refractivity contribution in [3.63, 3.8) is 0 Å². The van der Waals surface area contributed by atoms with E-state index in [1.165, 1.54) is 23.1 Å². The first-order chi connectivity index (χ1) is 10.9. The number of nitrogens with one attached hydrogen (secondary N) is 2. The summed E-state index contributed by atoms with van der Waals surface area (Å²) in [4.78, 5) is 38.5. The SMILES string of the molecule is Cc1nc(NC(=O)CCNC(=O)C2CC2C)sc1SCC(N)=O. The molecule has 9 heteroatoms. The molecule has 0 radical (unpaired) electrons. The van der Waals surface area contributed by atoms with Crippen LogP contribution in [0.25, 0.3) is 0 Å². The number of carbonyl (C=O) groups excluding carboxylic acids is 3. The molecule has 126 valence electrons. The van der Waals surface area contributed by atoms with Gasteiger partial charge in [-0.3, -0.25) is 14.4 Å². The number of primary amides is 1. The molecule has 2 atom stereocenters. The number of thioether (sulfide) groups is 1. The molecule has 1 heterocycles. The number of nitrogens with zero attached hydrogens (tertiary/aromatic N) is 1. The third-order valence-electron chi connectivity index (χ3n) is 3.44. The quantitative estimate of drug-likeness (QED) is 0.604. The van der Waals surface area contributed by atoms with Gasteiger partial charge >= 0.3 is 0 Å². The Balaban J connectivity index is 1.73. The van der Waals surface area contributed by atoms with Crippen molar-refractivity contribution < 1.29 is 14.4 Å². The van der Waals surface area contributed by atoms with E-state index in [1.54, 1.807) is 0 Å². The molecule has 0 saturated heterocycles. The summed E-state index contributed by atoms with van der Waals surface area (Å²) in [6.45, 7) is 4.17. The second-order valence-electron chi connectivity index (χ2n) is 5.56. The Bertz CT molecular complexity index is 617. The monoisotopic (exact) mass is 356 g/mol. The van der Waals surface area contributed by atoms with E-state index in [4.69, 9.17) is 5.73 Å². The van der Waals surface area contributed by atoms with Gasteiger partial charge in [-0.1, -0.05) is 18.3 Å². The molecular formula is C14H20N4O3S2. The predicted octanol–water partition coefficient (Wildman–Crippen LogP) is 1.13. The normalized spacial score (nSPS) is 19.2. The standard InChI is InChI=1S/C14H20N4O3S2/c1-7-5-9(7)12(21)16-4-3-11(20)18-14-17-8(2)13(23-14)22-6-10(15)19/h7,9H,3-6H2,1-2H3,(H2,15,19)(H,16,21)(H,17,18,20). The van der Waals surface area contributed by atoms with Crippen molar-refractivity contribution >= 4 is 46.0 Å². The van der Waals surface area contributed by atoms with Crippen LogP contribution in [0.4, 0.5) is 5.13 Å². The first-order valence-electron chi connectivity index (χ1n) is 7.33. The summed E-state index contributed by atoms with van der Waals surface area (Å²) in [5, 5.41) is 5.96. The first kappa shape index (κ1) is 17.7. The number of hydrogen-bond donors (Lipinski definition) is 3. The highest BCUT2D eigenvalue weighted by Gasteiger charge is 2.38. The predicted molar refractivity (Wildman–Crippen MR) is 90.3 cm³/mol. The van der Waals surface area contributed by atoms with Gasteiger partial charge in [0.1, 0.15) is 0 Å². The number of aryl methyl sites for hydroxylation is 1. The van der Waals surface area contributed by atoms with Gasteiger partial charge in [0.25, 0.3) is 0 Å². The van der Waals surface area contributed by atoms with Gasteiger partial charge in [0.2, 0.25) is 17.7 Å². The van der Waals surface area contributed by atoms with Crippen LogP contribution in [0.2, 0.25) is 0 Å². The molecule has 0 aromatic carbocycles. The van der Waals surface area contributed by atoms with Gasteiger partial charge in [0.15, 0.2) is 5.13 Å². The van der Waals surface area contributed by atoms with Crippen molar-refractivity contribution in [1.29, 1.82) is 0 Å². The number of amides is 3. The molecule has 7 nitrogen and oxygen atoms in total. The maximum atomic E-state index is 11.9. The van der Waals surface area contributed by atoms with Crippen LogP contribution in [0.3, 0.4) is 0 Å². The molecule has 1 saturated carbocycles. The van der Waals surface area contributed by atoms with Crippen LogP contribution < -0.4 is 16.4 Å². The highest BCUT2D eigenvalue weighted by molar-refractivity contribution is 8.01. The average Bonchev–Trinajstić information content (AvgIpc) is 3.09. The number of aromatic nitrogens is 1. The second kappa shape index (κ2) is 7.78. The molecule has 0 aliphatic heterocycles. The van der Waals surface area contributed by atoms with Crippen LogP contribution in [-0.2, 0) is 14.4 Å². The molecule has 0 bridgehead atoms. The lowest BCUT2D eigenvalue weighted by Gasteiger charge is -2.04. The van der Waals surface area contributed by atoms with Gasteiger partial charge in [-0.15, -0.1) is 11.8 Å². The third-order valence-corrected chi connectivity index (χ3v) is 5.90. The molecule has 1 aromatic rings. The molecule has 4 N–H and O–H groups in total. The Morgan fingerprint density at radius 1 is 1.43 bits per heavy atom. The fourth-order valence-electron chi connectivity index (χ4n) is 2.01. The molecule has 1 aromatic heterocycles. The minimum absolute atomic E-state index is 0.0283. The van der Waals surface area contributed by atoms with Crippen molar-refractivity contribution in [3.05, 3.63) is 5.69 Å². The molecule has 2 unspecified atom stereocenters. The number of carbonyl (C=O) groups is 3. The van der Waals surface area contributed by atoms with Gasteiger partial charge in [-0.2, -0.15) is 0 Å². The van der Waals surface area contributed by atoms with Crippen LogP contribution in [-0.4, -0.2) is 35.0 Å². The van der Waals surface area contributed by atoms with Crippen molar-refractivity contribution in [2.24, 2.45) is 17.6 Å². The summed E-state index contributed by atoms with van der Waals surface area (Å²) in [5.41, 5.74) is 5.87. The number of anilines is 1. The van der Waals surface area contributed by atoms with E-state index in [0.29, 0.717) is 17.6 Å². The maximum absolute atomic E-state index is 11.9. The van der Waals surface area contributed by atoms with Crippen molar-refractivity contribution in [3.8, 4) is 0 Å². The molecule has 1 aliphatic carbocycles. The lowest BCUT2D eigenvalue weighted by molar-refractivity contribution is -0.122. The number of rotatable bonds is 8. The summed E-state index contributed by atoms with van der Waals surface area (Å²) < 4.78 is 0.857. The highest BCUT2D eigenvalue weighted by atomic mass is 32.2. The summed E-state index contributed by atoms with van der Waals surface area (Å²) in [6.07, 6.45) is 1.14. The largest absolute Gasteiger partial charge is 0.369 e. The molecule has 0 spiro atoms. The van der Waals surface area contributed by atoms with Crippen LogP contribution in [0.15, 0.2) is 4.21 Å². The minimum atomic E-state index is -0.394. The Morgan fingerprint density at radius 3 is 2.74 bits per heavy atom. The number of nitrogens with two attached hydrogens (primary N) is 1. The first-order valence-corrected chi connectivity index (χ1v) is 9.13. The lowest BCUT2D eigenvalue weighted by Crippen LogP contribution is -2.29. The van der Waals surface area contributed by atoms with E-state index in [0.717, 1.165) is 16.3 Å². The summed E-state index contributed by atoms with van der Waals surface area (Å²) >= 11 is 2.62. The third kappa shape index (κ3) is 5.51.